The first-order valence-electron chi connectivity index (χ1n) is 33.4. The minimum Gasteiger partial charge on any atom is -0.466 e. The fraction of sp³-hybridized carbons (Fsp3) is 0.855. The number of unbranched alkanes of at least 4 members (excludes halogenated alkanes) is 45. The summed E-state index contributed by atoms with van der Waals surface area (Å²) in [4.78, 5) is 24.5. The van der Waals surface area contributed by atoms with Crippen molar-refractivity contribution in [2.45, 2.75) is 366 Å². The molecule has 0 aromatic carbocycles. The smallest absolute Gasteiger partial charge is 0.305 e. The molecule has 0 spiro atoms. The Labute approximate surface area is 467 Å². The van der Waals surface area contributed by atoms with Gasteiger partial charge in [0.2, 0.25) is 5.91 Å². The van der Waals surface area contributed by atoms with Crippen LogP contribution in [0, 0.1) is 0 Å². The van der Waals surface area contributed by atoms with Crippen molar-refractivity contribution in [3.05, 3.63) is 48.6 Å². The van der Waals surface area contributed by atoms with Crippen LogP contribution >= 0.6 is 0 Å². The number of hydrogen-bond acceptors (Lipinski definition) is 5. The molecule has 2 atom stereocenters. The third-order valence-corrected chi connectivity index (χ3v) is 15.3. The standard InChI is InChI=1S/C69H129NO5/c1-3-5-7-9-11-13-15-17-18-32-36-39-43-47-51-55-59-63-69(74)75-64-60-56-52-48-44-40-37-34-31-29-27-25-23-21-19-20-22-24-26-28-30-33-35-38-42-46-50-54-58-62-68(73)70-66(65-71)67(72)61-57-53-49-45-41-16-14-12-10-8-6-4-2/h11,13,17-19,21,57,61,66-67,71-72H,3-10,12,14-16,20,22-56,58-60,62-65H2,1-2H3,(H,70,73)/b13-11-,18-17-,21-19-,61-57+. The van der Waals surface area contributed by atoms with E-state index in [4.69, 9.17) is 4.74 Å². The summed E-state index contributed by atoms with van der Waals surface area (Å²) in [5.74, 6) is -0.0591. The van der Waals surface area contributed by atoms with E-state index in [-0.39, 0.29) is 18.5 Å². The highest BCUT2D eigenvalue weighted by Gasteiger charge is 2.18. The Morgan fingerprint density at radius 1 is 0.373 bits per heavy atom. The number of rotatable bonds is 62. The second-order valence-corrected chi connectivity index (χ2v) is 22.8. The SMILES string of the molecule is CCCCC/C=C\C/C=C\CCCCCCCCCC(=O)OCCCCCCCCCCCCCC/C=C\CCCCCCCCCCCCCCCC(=O)NC(CO)C(O)/C=C/CCCCCCCCCCCC. The van der Waals surface area contributed by atoms with Gasteiger partial charge in [-0.15, -0.1) is 0 Å². The molecule has 440 valence electrons. The van der Waals surface area contributed by atoms with Crippen LogP contribution in [-0.4, -0.2) is 47.4 Å². The Morgan fingerprint density at radius 3 is 1.05 bits per heavy atom. The van der Waals surface area contributed by atoms with Gasteiger partial charge in [0.1, 0.15) is 0 Å². The number of ether oxygens (including phenoxy) is 1. The molecular weight excluding hydrogens is 923 g/mol. The van der Waals surface area contributed by atoms with Crippen LogP contribution in [0.15, 0.2) is 48.6 Å². The molecular formula is C69H129NO5. The molecule has 0 fully saturated rings. The maximum atomic E-state index is 12.4. The molecule has 0 heterocycles. The van der Waals surface area contributed by atoms with E-state index in [0.29, 0.717) is 19.4 Å². The van der Waals surface area contributed by atoms with Crippen LogP contribution in [0.5, 0.6) is 0 Å². The summed E-state index contributed by atoms with van der Waals surface area (Å²) in [6.45, 7) is 4.88. The maximum Gasteiger partial charge on any atom is 0.305 e. The van der Waals surface area contributed by atoms with Gasteiger partial charge in [-0.1, -0.05) is 300 Å². The van der Waals surface area contributed by atoms with Gasteiger partial charge in [0.25, 0.3) is 0 Å². The predicted octanol–water partition coefficient (Wildman–Crippen LogP) is 21.3. The Morgan fingerprint density at radius 2 is 0.667 bits per heavy atom. The maximum absolute atomic E-state index is 12.4. The van der Waals surface area contributed by atoms with E-state index in [1.807, 2.05) is 6.08 Å². The number of allylic oxidation sites excluding steroid dienone is 7. The largest absolute Gasteiger partial charge is 0.466 e. The molecule has 75 heavy (non-hydrogen) atoms. The molecule has 3 N–H and O–H groups in total. The lowest BCUT2D eigenvalue weighted by atomic mass is 10.0. The van der Waals surface area contributed by atoms with Crippen LogP contribution in [0.2, 0.25) is 0 Å². The average Bonchev–Trinajstić information content (AvgIpc) is 3.41. The Kier molecular flexibility index (Phi) is 62.5. The Hall–Kier alpha value is -2.18. The van der Waals surface area contributed by atoms with Crippen LogP contribution in [0.3, 0.4) is 0 Å². The zero-order valence-electron chi connectivity index (χ0n) is 50.3. The minimum absolute atomic E-state index is 0.00823. The van der Waals surface area contributed by atoms with Crippen molar-refractivity contribution in [2.75, 3.05) is 13.2 Å². The van der Waals surface area contributed by atoms with Crippen molar-refractivity contribution in [2.24, 2.45) is 0 Å². The van der Waals surface area contributed by atoms with Crippen molar-refractivity contribution >= 4 is 11.9 Å². The van der Waals surface area contributed by atoms with Crippen LogP contribution in [-0.2, 0) is 14.3 Å². The molecule has 0 aliphatic carbocycles. The molecule has 0 aromatic rings. The van der Waals surface area contributed by atoms with Crippen molar-refractivity contribution < 1.29 is 24.5 Å². The Balaban J connectivity index is 3.37. The number of carbonyl (C=O) groups excluding carboxylic acids is 2. The first-order valence-corrected chi connectivity index (χ1v) is 33.4. The number of aliphatic hydroxyl groups excluding tert-OH is 2. The molecule has 0 saturated carbocycles. The lowest BCUT2D eigenvalue weighted by molar-refractivity contribution is -0.143. The van der Waals surface area contributed by atoms with Crippen molar-refractivity contribution in [1.82, 2.24) is 5.32 Å². The number of esters is 1. The molecule has 6 nitrogen and oxygen atoms in total. The summed E-state index contributed by atoms with van der Waals surface area (Å²) >= 11 is 0. The minimum atomic E-state index is -0.843. The van der Waals surface area contributed by atoms with Crippen molar-refractivity contribution in [1.29, 1.82) is 0 Å². The summed E-state index contributed by atoms with van der Waals surface area (Å²) in [5.41, 5.74) is 0. The molecule has 0 aliphatic rings. The molecule has 0 aliphatic heterocycles. The fourth-order valence-electron chi connectivity index (χ4n) is 10.2. The highest BCUT2D eigenvalue weighted by Crippen LogP contribution is 2.17. The average molecular weight is 1050 g/mol. The van der Waals surface area contributed by atoms with Crippen molar-refractivity contribution in [3.63, 3.8) is 0 Å². The fourth-order valence-corrected chi connectivity index (χ4v) is 10.2. The molecule has 0 rings (SSSR count). The molecule has 0 aromatic heterocycles. The van der Waals surface area contributed by atoms with Gasteiger partial charge in [0.05, 0.1) is 25.4 Å². The first-order chi connectivity index (χ1) is 37.0. The van der Waals surface area contributed by atoms with Gasteiger partial charge in [0.15, 0.2) is 0 Å². The van der Waals surface area contributed by atoms with E-state index >= 15 is 0 Å². The number of carbonyl (C=O) groups is 2. The topological polar surface area (TPSA) is 95.9 Å². The summed E-state index contributed by atoms with van der Waals surface area (Å²) in [6.07, 6.45) is 83.2. The third-order valence-electron chi connectivity index (χ3n) is 15.3. The highest BCUT2D eigenvalue weighted by molar-refractivity contribution is 5.76. The zero-order chi connectivity index (χ0) is 54.3. The van der Waals surface area contributed by atoms with Crippen LogP contribution in [0.1, 0.15) is 354 Å². The zero-order valence-corrected chi connectivity index (χ0v) is 50.3. The second-order valence-electron chi connectivity index (χ2n) is 22.8. The normalized spacial score (nSPS) is 12.9. The monoisotopic (exact) mass is 1050 g/mol. The van der Waals surface area contributed by atoms with Gasteiger partial charge in [-0.25, -0.2) is 0 Å². The number of aliphatic hydroxyl groups is 2. The van der Waals surface area contributed by atoms with Gasteiger partial charge in [-0.05, 0) is 89.9 Å². The quantitative estimate of drug-likeness (QED) is 0.0320. The van der Waals surface area contributed by atoms with Crippen LogP contribution in [0.25, 0.3) is 0 Å². The number of amides is 1. The van der Waals surface area contributed by atoms with E-state index in [9.17, 15) is 19.8 Å². The van der Waals surface area contributed by atoms with E-state index < -0.39 is 12.1 Å². The number of hydrogen-bond donors (Lipinski definition) is 3. The first kappa shape index (κ1) is 72.8. The van der Waals surface area contributed by atoms with E-state index in [2.05, 4.69) is 55.6 Å². The molecule has 0 bridgehead atoms. The van der Waals surface area contributed by atoms with E-state index in [0.717, 1.165) is 51.4 Å². The lowest BCUT2D eigenvalue weighted by Crippen LogP contribution is -2.45. The molecule has 6 heteroatoms. The summed E-state index contributed by atoms with van der Waals surface area (Å²) in [6, 6.07) is -0.627. The van der Waals surface area contributed by atoms with Gasteiger partial charge in [-0.3, -0.25) is 9.59 Å². The molecule has 0 radical (unpaired) electrons. The summed E-state index contributed by atoms with van der Waals surface area (Å²) < 4.78 is 5.49. The molecule has 0 saturated heterocycles. The van der Waals surface area contributed by atoms with Crippen LogP contribution < -0.4 is 5.32 Å². The van der Waals surface area contributed by atoms with Gasteiger partial charge in [-0.2, -0.15) is 0 Å². The summed E-state index contributed by atoms with van der Waals surface area (Å²) in [5, 5.41) is 23.1. The van der Waals surface area contributed by atoms with Gasteiger partial charge in [0, 0.05) is 12.8 Å². The summed E-state index contributed by atoms with van der Waals surface area (Å²) in [7, 11) is 0. The van der Waals surface area contributed by atoms with Crippen molar-refractivity contribution in [3.8, 4) is 0 Å². The van der Waals surface area contributed by atoms with Gasteiger partial charge >= 0.3 is 5.97 Å². The molecule has 2 unspecified atom stereocenters. The highest BCUT2D eigenvalue weighted by atomic mass is 16.5. The van der Waals surface area contributed by atoms with Crippen LogP contribution in [0.4, 0.5) is 0 Å². The van der Waals surface area contributed by atoms with E-state index in [1.165, 1.54) is 276 Å². The van der Waals surface area contributed by atoms with E-state index in [1.54, 1.807) is 6.08 Å². The third kappa shape index (κ3) is 60.9. The Bertz CT molecular complexity index is 1260. The lowest BCUT2D eigenvalue weighted by Gasteiger charge is -2.20. The number of nitrogens with one attached hydrogen (secondary N) is 1. The molecule has 1 amide bonds. The second kappa shape index (κ2) is 64.3. The predicted molar refractivity (Wildman–Crippen MR) is 329 cm³/mol. The van der Waals surface area contributed by atoms with Gasteiger partial charge < -0.3 is 20.3 Å².